The van der Waals surface area contributed by atoms with Crippen molar-refractivity contribution in [2.45, 2.75) is 0 Å². The molecule has 0 atom stereocenters. The molecule has 1 aromatic heterocycles. The van der Waals surface area contributed by atoms with Crippen LogP contribution in [0, 0.1) is 5.82 Å². The van der Waals surface area contributed by atoms with Crippen LogP contribution in [0.4, 0.5) is 4.39 Å². The molecule has 7 heteroatoms. The molecule has 0 spiro atoms. The molecule has 0 aliphatic carbocycles. The third-order valence-electron chi connectivity index (χ3n) is 1.61. The first-order chi connectivity index (χ1) is 5.27. The molecule has 1 aromatic carbocycles. The summed E-state index contributed by atoms with van der Waals surface area (Å²) in [5.41, 5.74) is 0.613. The standard InChI is InChI=1S/C8H6FNO.Al.3ClH/c9-5-3-7-6(1-2-10-7)8(11)4-5;;;;/h1-4,10-11H;;3*1H/q;+3;;;/p-3. The van der Waals surface area contributed by atoms with Crippen LogP contribution in [-0.4, -0.2) is 27.5 Å². The number of benzene rings is 1. The van der Waals surface area contributed by atoms with Gasteiger partial charge in [0.15, 0.2) is 0 Å². The zero-order valence-corrected chi connectivity index (χ0v) is 10.8. The fraction of sp³-hybridized carbons (Fsp3) is 0. The van der Waals surface area contributed by atoms with E-state index in [1.807, 2.05) is 0 Å². The van der Waals surface area contributed by atoms with E-state index in [0.717, 1.165) is 6.07 Å². The molecule has 1 heterocycles. The van der Waals surface area contributed by atoms with E-state index in [0.29, 0.717) is 10.9 Å². The van der Waals surface area contributed by atoms with Gasteiger partial charge < -0.3 is 47.3 Å². The summed E-state index contributed by atoms with van der Waals surface area (Å²) in [7, 11) is 0. The van der Waals surface area contributed by atoms with Crippen molar-refractivity contribution in [1.82, 2.24) is 4.98 Å². The van der Waals surface area contributed by atoms with Gasteiger partial charge in [-0.1, -0.05) is 0 Å². The summed E-state index contributed by atoms with van der Waals surface area (Å²) in [5.74, 6) is -0.460. The minimum Gasteiger partial charge on any atom is -1.00 e. The van der Waals surface area contributed by atoms with Crippen LogP contribution in [0.3, 0.4) is 0 Å². The topological polar surface area (TPSA) is 36.0 Å². The number of aromatic amines is 1. The molecule has 2 N–H and O–H groups in total. The maximum Gasteiger partial charge on any atom is 3.00 e. The Labute approximate surface area is 116 Å². The smallest absolute Gasteiger partial charge is 1.00 e. The van der Waals surface area contributed by atoms with E-state index >= 15 is 0 Å². The maximum absolute atomic E-state index is 12.6. The summed E-state index contributed by atoms with van der Waals surface area (Å²) in [6.07, 6.45) is 1.66. The van der Waals surface area contributed by atoms with Gasteiger partial charge in [-0.2, -0.15) is 0 Å². The van der Waals surface area contributed by atoms with Crippen LogP contribution in [0.1, 0.15) is 0 Å². The van der Waals surface area contributed by atoms with Gasteiger partial charge in [-0.25, -0.2) is 4.39 Å². The van der Waals surface area contributed by atoms with Crippen molar-refractivity contribution in [2.24, 2.45) is 0 Å². The molecule has 0 saturated heterocycles. The Morgan fingerprint density at radius 2 is 1.73 bits per heavy atom. The Hall–Kier alpha value is -0.108. The van der Waals surface area contributed by atoms with E-state index < -0.39 is 5.82 Å². The van der Waals surface area contributed by atoms with Crippen LogP contribution in [0.25, 0.3) is 10.9 Å². The van der Waals surface area contributed by atoms with Gasteiger partial charge in [0.1, 0.15) is 11.6 Å². The molecule has 80 valence electrons. The molecule has 2 rings (SSSR count). The number of rotatable bonds is 0. The zero-order valence-electron chi connectivity index (χ0n) is 7.35. The summed E-state index contributed by atoms with van der Waals surface area (Å²) >= 11 is 0. The second-order valence-electron chi connectivity index (χ2n) is 2.36. The van der Waals surface area contributed by atoms with Crippen LogP contribution in [-0.2, 0) is 0 Å². The van der Waals surface area contributed by atoms with E-state index in [9.17, 15) is 9.50 Å². The summed E-state index contributed by atoms with van der Waals surface area (Å²) in [6.45, 7) is 0. The van der Waals surface area contributed by atoms with E-state index in [1.54, 1.807) is 12.3 Å². The number of halogens is 4. The average Bonchev–Trinajstić information content (AvgIpc) is 2.34. The molecule has 0 saturated carbocycles. The molecule has 2 aromatic rings. The molecule has 0 radical (unpaired) electrons. The van der Waals surface area contributed by atoms with Crippen LogP contribution in [0.2, 0.25) is 0 Å². The van der Waals surface area contributed by atoms with Crippen molar-refractivity contribution < 1.29 is 46.7 Å². The van der Waals surface area contributed by atoms with E-state index in [1.165, 1.54) is 6.07 Å². The fourth-order valence-corrected chi connectivity index (χ4v) is 1.11. The van der Waals surface area contributed by atoms with E-state index in [-0.39, 0.29) is 60.3 Å². The number of hydrogen-bond acceptors (Lipinski definition) is 1. The summed E-state index contributed by atoms with van der Waals surface area (Å²) in [6, 6.07) is 4.13. The van der Waals surface area contributed by atoms with Gasteiger partial charge in [0.25, 0.3) is 0 Å². The predicted octanol–water partition coefficient (Wildman–Crippen LogP) is -7.36. The Morgan fingerprint density at radius 1 is 1.13 bits per heavy atom. The Morgan fingerprint density at radius 3 is 2.33 bits per heavy atom. The minimum absolute atomic E-state index is 0. The van der Waals surface area contributed by atoms with Gasteiger partial charge >= 0.3 is 17.4 Å². The quantitative estimate of drug-likeness (QED) is 0.464. The third kappa shape index (κ3) is 4.10. The number of nitrogens with one attached hydrogen (secondary N) is 1. The molecular weight excluding hydrogens is 278 g/mol. The molecular formula is C8H6AlCl3FNO. The molecule has 0 amide bonds. The van der Waals surface area contributed by atoms with E-state index in [2.05, 4.69) is 4.98 Å². The number of fused-ring (bicyclic) bond motifs is 1. The summed E-state index contributed by atoms with van der Waals surface area (Å²) in [5, 5.41) is 9.83. The number of phenols is 1. The second kappa shape index (κ2) is 8.09. The van der Waals surface area contributed by atoms with Crippen molar-refractivity contribution in [3.05, 3.63) is 30.2 Å². The van der Waals surface area contributed by atoms with Gasteiger partial charge in [-0.15, -0.1) is 0 Å². The first kappa shape index (κ1) is 20.3. The number of aromatic nitrogens is 1. The fourth-order valence-electron chi connectivity index (χ4n) is 1.11. The Kier molecular flexibility index (Phi) is 11.0. The van der Waals surface area contributed by atoms with Crippen molar-refractivity contribution in [3.63, 3.8) is 0 Å². The summed E-state index contributed by atoms with van der Waals surface area (Å²) in [4.78, 5) is 2.80. The van der Waals surface area contributed by atoms with Gasteiger partial charge in [-0.05, 0) is 12.1 Å². The normalized spacial score (nSPS) is 7.80. The van der Waals surface area contributed by atoms with Crippen molar-refractivity contribution in [2.75, 3.05) is 0 Å². The van der Waals surface area contributed by atoms with Crippen LogP contribution >= 0.6 is 0 Å². The largest absolute Gasteiger partial charge is 3.00 e. The van der Waals surface area contributed by atoms with E-state index in [4.69, 9.17) is 0 Å². The molecule has 0 fully saturated rings. The Bertz CT molecular complexity index is 410. The van der Waals surface area contributed by atoms with Crippen LogP contribution in [0.15, 0.2) is 24.4 Å². The number of aromatic hydroxyl groups is 1. The summed E-state index contributed by atoms with van der Waals surface area (Å²) < 4.78 is 12.6. The van der Waals surface area contributed by atoms with Gasteiger partial charge in [0, 0.05) is 17.6 Å². The molecule has 0 aliphatic rings. The average molecular weight is 284 g/mol. The number of H-pyrrole nitrogens is 1. The molecule has 0 aliphatic heterocycles. The van der Waals surface area contributed by atoms with Crippen molar-refractivity contribution in [1.29, 1.82) is 0 Å². The number of hydrogen-bond donors (Lipinski definition) is 2. The third-order valence-corrected chi connectivity index (χ3v) is 1.61. The van der Waals surface area contributed by atoms with Crippen molar-refractivity contribution >= 4 is 28.3 Å². The maximum atomic E-state index is 12.6. The first-order valence-electron chi connectivity index (χ1n) is 3.23. The number of phenolic OH excluding ortho intramolecular Hbond substituents is 1. The van der Waals surface area contributed by atoms with Crippen molar-refractivity contribution in [3.8, 4) is 5.75 Å². The Balaban J connectivity index is -0.000000360. The molecule has 2 nitrogen and oxygen atoms in total. The van der Waals surface area contributed by atoms with Gasteiger partial charge in [0.05, 0.1) is 5.52 Å². The van der Waals surface area contributed by atoms with Crippen LogP contribution < -0.4 is 37.2 Å². The molecule has 15 heavy (non-hydrogen) atoms. The first-order valence-corrected chi connectivity index (χ1v) is 3.23. The van der Waals surface area contributed by atoms with Gasteiger partial charge in [0.2, 0.25) is 0 Å². The molecule has 0 bridgehead atoms. The van der Waals surface area contributed by atoms with Crippen LogP contribution in [0.5, 0.6) is 5.75 Å². The minimum atomic E-state index is -0.433. The predicted molar refractivity (Wildman–Crippen MR) is 45.7 cm³/mol. The van der Waals surface area contributed by atoms with Gasteiger partial charge in [-0.3, -0.25) is 0 Å². The molecule has 0 unspecified atom stereocenters. The monoisotopic (exact) mass is 283 g/mol. The second-order valence-corrected chi connectivity index (χ2v) is 2.36. The SMILES string of the molecule is Oc1cc(F)cc2[nH]ccc12.[Al+3].[Cl-].[Cl-].[Cl-]. The zero-order chi connectivity index (χ0) is 7.84.